The van der Waals surface area contributed by atoms with Crippen LogP contribution in [0.1, 0.15) is 5.56 Å². The number of hydrogen-bond acceptors (Lipinski definition) is 3. The van der Waals surface area contributed by atoms with Gasteiger partial charge in [0.1, 0.15) is 11.4 Å². The summed E-state index contributed by atoms with van der Waals surface area (Å²) in [5.41, 5.74) is 0.431. The number of carbonyl (C=O) groups excluding carboxylic acids is 2. The molecule has 2 rings (SSSR count). The smallest absolute Gasteiger partial charge is 0.328 e. The molecule has 0 unspecified atom stereocenters. The summed E-state index contributed by atoms with van der Waals surface area (Å²) >= 11 is 9.03. The summed E-state index contributed by atoms with van der Waals surface area (Å²) in [5.74, 6) is -0.612. The molecule has 0 spiro atoms. The van der Waals surface area contributed by atoms with Crippen LogP contribution in [0, 0.1) is 0 Å². The summed E-state index contributed by atoms with van der Waals surface area (Å²) in [4.78, 5) is 23.9. The van der Waals surface area contributed by atoms with Gasteiger partial charge in [0.05, 0.1) is 5.02 Å². The highest BCUT2D eigenvalue weighted by Crippen LogP contribution is 2.32. The van der Waals surface area contributed by atoms with Crippen molar-refractivity contribution < 1.29 is 14.7 Å². The van der Waals surface area contributed by atoms with Crippen molar-refractivity contribution in [2.75, 3.05) is 7.05 Å². The molecule has 1 aromatic carbocycles. The number of aromatic hydroxyl groups is 1. The Morgan fingerprint density at radius 1 is 1.44 bits per heavy atom. The van der Waals surface area contributed by atoms with Crippen LogP contribution >= 0.6 is 27.5 Å². The molecule has 0 bridgehead atoms. The lowest BCUT2D eigenvalue weighted by atomic mass is 10.1. The van der Waals surface area contributed by atoms with Crippen molar-refractivity contribution in [1.82, 2.24) is 10.2 Å². The minimum Gasteiger partial charge on any atom is -0.506 e. The van der Waals surface area contributed by atoms with E-state index < -0.39 is 11.9 Å². The number of carbonyl (C=O) groups is 2. The van der Waals surface area contributed by atoms with Gasteiger partial charge < -0.3 is 10.4 Å². The first kappa shape index (κ1) is 12.9. The molecule has 1 aromatic rings. The number of imide groups is 1. The standard InChI is InChI=1S/C11H8BrClN2O3/c1-15-10(17)8(14-11(15)18)3-5-2-6(12)4-7(13)9(5)16/h2-4,16H,1H3,(H,14,18)/b8-3-. The first-order valence-electron chi connectivity index (χ1n) is 4.89. The molecule has 0 radical (unpaired) electrons. The maximum Gasteiger partial charge on any atom is 0.328 e. The summed E-state index contributed by atoms with van der Waals surface area (Å²) in [6.07, 6.45) is 1.37. The van der Waals surface area contributed by atoms with Crippen molar-refractivity contribution >= 4 is 45.5 Å². The van der Waals surface area contributed by atoms with E-state index in [2.05, 4.69) is 21.2 Å². The quantitative estimate of drug-likeness (QED) is 0.613. The molecule has 0 atom stereocenters. The number of urea groups is 1. The lowest BCUT2D eigenvalue weighted by molar-refractivity contribution is -0.121. The zero-order chi connectivity index (χ0) is 13.4. The Kier molecular flexibility index (Phi) is 3.32. The van der Waals surface area contributed by atoms with E-state index in [-0.39, 0.29) is 16.5 Å². The molecular formula is C11H8BrClN2O3. The van der Waals surface area contributed by atoms with E-state index >= 15 is 0 Å². The minimum atomic E-state index is -0.508. The highest BCUT2D eigenvalue weighted by atomic mass is 79.9. The summed E-state index contributed by atoms with van der Waals surface area (Å²) in [6.45, 7) is 0. The average molecular weight is 332 g/mol. The van der Waals surface area contributed by atoms with Crippen LogP contribution in [0.3, 0.4) is 0 Å². The number of nitrogens with zero attached hydrogens (tertiary/aromatic N) is 1. The van der Waals surface area contributed by atoms with Crippen LogP contribution in [0.5, 0.6) is 5.75 Å². The molecule has 0 aromatic heterocycles. The van der Waals surface area contributed by atoms with Gasteiger partial charge in [0.2, 0.25) is 0 Å². The van der Waals surface area contributed by atoms with Gasteiger partial charge in [-0.25, -0.2) is 4.79 Å². The van der Waals surface area contributed by atoms with Crippen LogP contribution in [-0.4, -0.2) is 29.0 Å². The van der Waals surface area contributed by atoms with Crippen LogP contribution < -0.4 is 5.32 Å². The summed E-state index contributed by atoms with van der Waals surface area (Å²) in [5, 5.41) is 12.3. The fourth-order valence-corrected chi connectivity index (χ4v) is 2.31. The Hall–Kier alpha value is -1.53. The second-order valence-electron chi connectivity index (χ2n) is 3.68. The Balaban J connectivity index is 2.46. The van der Waals surface area contributed by atoms with E-state index in [1.165, 1.54) is 19.2 Å². The van der Waals surface area contributed by atoms with Crippen LogP contribution in [0.25, 0.3) is 6.08 Å². The number of benzene rings is 1. The number of rotatable bonds is 1. The van der Waals surface area contributed by atoms with Crippen molar-refractivity contribution in [2.45, 2.75) is 0 Å². The maximum absolute atomic E-state index is 11.6. The number of phenolic OH excluding ortho intramolecular Hbond substituents is 1. The van der Waals surface area contributed by atoms with E-state index in [1.54, 1.807) is 6.07 Å². The van der Waals surface area contributed by atoms with Gasteiger partial charge in [0.25, 0.3) is 5.91 Å². The molecule has 1 saturated heterocycles. The molecule has 1 aliphatic heterocycles. The average Bonchev–Trinajstić information content (AvgIpc) is 2.53. The van der Waals surface area contributed by atoms with Gasteiger partial charge in [-0.2, -0.15) is 0 Å². The van der Waals surface area contributed by atoms with Crippen molar-refractivity contribution in [3.05, 3.63) is 32.9 Å². The van der Waals surface area contributed by atoms with E-state index in [0.29, 0.717) is 10.0 Å². The van der Waals surface area contributed by atoms with Gasteiger partial charge in [0, 0.05) is 17.1 Å². The molecule has 18 heavy (non-hydrogen) atoms. The largest absolute Gasteiger partial charge is 0.506 e. The highest BCUT2D eigenvalue weighted by Gasteiger charge is 2.30. The zero-order valence-electron chi connectivity index (χ0n) is 9.20. The Morgan fingerprint density at radius 3 is 2.67 bits per heavy atom. The third-order valence-electron chi connectivity index (χ3n) is 2.44. The molecule has 0 saturated carbocycles. The first-order valence-corrected chi connectivity index (χ1v) is 6.06. The van der Waals surface area contributed by atoms with Crippen LogP contribution in [0.2, 0.25) is 5.02 Å². The fraction of sp³-hybridized carbons (Fsp3) is 0.0909. The number of likely N-dealkylation sites (N-methyl/N-ethyl adjacent to an activating group) is 1. The molecule has 1 fully saturated rings. The van der Waals surface area contributed by atoms with Crippen LogP contribution in [0.15, 0.2) is 22.3 Å². The monoisotopic (exact) mass is 330 g/mol. The Bertz CT molecular complexity index is 586. The van der Waals surface area contributed by atoms with Gasteiger partial charge in [-0.3, -0.25) is 9.69 Å². The van der Waals surface area contributed by atoms with Gasteiger partial charge in [0.15, 0.2) is 0 Å². The maximum atomic E-state index is 11.6. The number of nitrogens with one attached hydrogen (secondary N) is 1. The van der Waals surface area contributed by atoms with Gasteiger partial charge in [-0.1, -0.05) is 27.5 Å². The molecule has 7 heteroatoms. The highest BCUT2D eigenvalue weighted by molar-refractivity contribution is 9.10. The second-order valence-corrected chi connectivity index (χ2v) is 5.00. The van der Waals surface area contributed by atoms with Crippen LogP contribution in [-0.2, 0) is 4.79 Å². The van der Waals surface area contributed by atoms with E-state index in [4.69, 9.17) is 11.6 Å². The number of hydrogen-bond donors (Lipinski definition) is 2. The third kappa shape index (κ3) is 2.21. The van der Waals surface area contributed by atoms with Crippen molar-refractivity contribution in [3.8, 4) is 5.75 Å². The van der Waals surface area contributed by atoms with Gasteiger partial charge >= 0.3 is 6.03 Å². The molecular weight excluding hydrogens is 323 g/mol. The SMILES string of the molecule is CN1C(=O)N/C(=C\c2cc(Br)cc(Cl)c2O)C1=O. The fourth-order valence-electron chi connectivity index (χ4n) is 1.47. The molecule has 1 heterocycles. The molecule has 1 aliphatic rings. The number of halogens is 2. The van der Waals surface area contributed by atoms with Crippen molar-refractivity contribution in [2.24, 2.45) is 0 Å². The third-order valence-corrected chi connectivity index (χ3v) is 3.18. The molecule has 94 valence electrons. The molecule has 3 amide bonds. The summed E-state index contributed by atoms with van der Waals surface area (Å²) in [6, 6.07) is 2.61. The van der Waals surface area contributed by atoms with Crippen molar-refractivity contribution in [1.29, 1.82) is 0 Å². The topological polar surface area (TPSA) is 69.6 Å². The first-order chi connectivity index (χ1) is 8.40. The normalized spacial score (nSPS) is 17.5. The number of amides is 3. The van der Waals surface area contributed by atoms with Crippen LogP contribution in [0.4, 0.5) is 4.79 Å². The molecule has 2 N–H and O–H groups in total. The van der Waals surface area contributed by atoms with E-state index in [1.807, 2.05) is 0 Å². The Labute approximate surface area is 116 Å². The predicted molar refractivity (Wildman–Crippen MR) is 70.1 cm³/mol. The van der Waals surface area contributed by atoms with E-state index in [9.17, 15) is 14.7 Å². The van der Waals surface area contributed by atoms with Gasteiger partial charge in [-0.15, -0.1) is 0 Å². The van der Waals surface area contributed by atoms with Crippen molar-refractivity contribution in [3.63, 3.8) is 0 Å². The van der Waals surface area contributed by atoms with E-state index in [0.717, 1.165) is 4.90 Å². The molecule has 5 nitrogen and oxygen atoms in total. The second kappa shape index (κ2) is 4.62. The zero-order valence-corrected chi connectivity index (χ0v) is 11.5. The number of phenols is 1. The lowest BCUT2D eigenvalue weighted by Crippen LogP contribution is -2.25. The summed E-state index contributed by atoms with van der Waals surface area (Å²) in [7, 11) is 1.37. The molecule has 0 aliphatic carbocycles. The van der Waals surface area contributed by atoms with Gasteiger partial charge in [-0.05, 0) is 18.2 Å². The lowest BCUT2D eigenvalue weighted by Gasteiger charge is -2.04. The predicted octanol–water partition coefficient (Wildman–Crippen LogP) is 2.33. The minimum absolute atomic E-state index is 0.0898. The Morgan fingerprint density at radius 2 is 2.11 bits per heavy atom. The summed E-state index contributed by atoms with van der Waals surface area (Å²) < 4.78 is 0.655.